The van der Waals surface area contributed by atoms with Crippen LogP contribution in [0.4, 0.5) is 0 Å². The van der Waals surface area contributed by atoms with E-state index in [2.05, 4.69) is 21.0 Å². The van der Waals surface area contributed by atoms with E-state index in [9.17, 15) is 0 Å². The molecule has 0 saturated carbocycles. The molecule has 0 spiro atoms. The Bertz CT molecular complexity index is 315. The van der Waals surface area contributed by atoms with Crippen LogP contribution in [0.2, 0.25) is 0 Å². The van der Waals surface area contributed by atoms with Gasteiger partial charge in [-0.05, 0) is 6.07 Å². The quantitative estimate of drug-likeness (QED) is 0.610. The summed E-state index contributed by atoms with van der Waals surface area (Å²) in [7, 11) is 0. The minimum absolute atomic E-state index is 0.714. The third-order valence-corrected chi connectivity index (χ3v) is 1.35. The first-order valence-corrected chi connectivity index (χ1v) is 3.21. The van der Waals surface area contributed by atoms with Gasteiger partial charge < -0.3 is 4.52 Å². The third-order valence-electron chi connectivity index (χ3n) is 1.35. The largest absolute Gasteiger partial charge is 0.345 e. The molecule has 0 amide bonds. The predicted molar refractivity (Wildman–Crippen MR) is 38.6 cm³/mol. The van der Waals surface area contributed by atoms with Crippen molar-refractivity contribution in [2.24, 2.45) is 0 Å². The Kier molecular flexibility index (Phi) is 1.41. The summed E-state index contributed by atoms with van der Waals surface area (Å²) in [6.45, 7) is 0. The van der Waals surface area contributed by atoms with E-state index < -0.39 is 0 Å². The smallest absolute Gasteiger partial charge is 0.152 e. The molecule has 11 heavy (non-hydrogen) atoms. The van der Waals surface area contributed by atoms with Crippen LogP contribution >= 0.6 is 0 Å². The van der Waals surface area contributed by atoms with Crippen molar-refractivity contribution in [3.05, 3.63) is 36.6 Å². The highest BCUT2D eigenvalue weighted by Crippen LogP contribution is 2.13. The minimum Gasteiger partial charge on any atom is -0.345 e. The SMILES string of the molecule is [c]1ccccc1-c1conn1. The summed E-state index contributed by atoms with van der Waals surface area (Å²) in [5.74, 6) is 0. The standard InChI is InChI=1S/C8H5N2O/c1-2-4-7(5-3-1)8-6-11-10-9-8/h1-4,6H. The number of aromatic nitrogens is 2. The van der Waals surface area contributed by atoms with Crippen LogP contribution in [0, 0.1) is 6.07 Å². The highest BCUT2D eigenvalue weighted by molar-refractivity contribution is 5.55. The molecule has 53 valence electrons. The fourth-order valence-corrected chi connectivity index (χ4v) is 0.835. The molecule has 0 N–H and O–H groups in total. The average molecular weight is 145 g/mol. The van der Waals surface area contributed by atoms with Crippen molar-refractivity contribution in [3.63, 3.8) is 0 Å². The zero-order valence-electron chi connectivity index (χ0n) is 5.69. The lowest BCUT2D eigenvalue weighted by Gasteiger charge is -1.88. The van der Waals surface area contributed by atoms with E-state index in [1.807, 2.05) is 24.3 Å². The van der Waals surface area contributed by atoms with Gasteiger partial charge in [0.15, 0.2) is 6.26 Å². The second-order valence-electron chi connectivity index (χ2n) is 2.07. The van der Waals surface area contributed by atoms with Gasteiger partial charge in [0.25, 0.3) is 0 Å². The van der Waals surface area contributed by atoms with Gasteiger partial charge in [-0.15, -0.1) is 5.10 Å². The molecular formula is C8H5N2O. The van der Waals surface area contributed by atoms with Crippen LogP contribution in [-0.2, 0) is 0 Å². The van der Waals surface area contributed by atoms with Gasteiger partial charge in [0.05, 0.1) is 0 Å². The molecule has 0 atom stereocenters. The van der Waals surface area contributed by atoms with Crippen molar-refractivity contribution < 1.29 is 4.52 Å². The molecule has 0 aliphatic carbocycles. The molecule has 1 aromatic carbocycles. The lowest BCUT2D eigenvalue weighted by atomic mass is 10.2. The van der Waals surface area contributed by atoms with Crippen molar-refractivity contribution >= 4 is 0 Å². The molecule has 1 radical (unpaired) electrons. The van der Waals surface area contributed by atoms with Gasteiger partial charge in [-0.2, -0.15) is 0 Å². The fourth-order valence-electron chi connectivity index (χ4n) is 0.835. The number of nitrogens with zero attached hydrogens (tertiary/aromatic N) is 2. The molecule has 2 aromatic rings. The maximum Gasteiger partial charge on any atom is 0.152 e. The minimum atomic E-state index is 0.714. The van der Waals surface area contributed by atoms with Gasteiger partial charge in [0.1, 0.15) is 5.69 Å². The zero-order valence-corrected chi connectivity index (χ0v) is 5.69. The fraction of sp³-hybridized carbons (Fsp3) is 0. The number of rotatable bonds is 1. The first kappa shape index (κ1) is 6.09. The van der Waals surface area contributed by atoms with Crippen LogP contribution in [0.3, 0.4) is 0 Å². The molecule has 0 aliphatic heterocycles. The second-order valence-corrected chi connectivity index (χ2v) is 2.07. The lowest BCUT2D eigenvalue weighted by molar-refractivity contribution is 0.393. The summed E-state index contributed by atoms with van der Waals surface area (Å²) in [6.07, 6.45) is 1.49. The lowest BCUT2D eigenvalue weighted by Crippen LogP contribution is -1.75. The van der Waals surface area contributed by atoms with Gasteiger partial charge >= 0.3 is 0 Å². The Morgan fingerprint density at radius 2 is 2.36 bits per heavy atom. The number of benzene rings is 1. The Hall–Kier alpha value is -1.64. The third kappa shape index (κ3) is 1.12. The monoisotopic (exact) mass is 145 g/mol. The normalized spacial score (nSPS) is 9.82. The van der Waals surface area contributed by atoms with Crippen molar-refractivity contribution in [2.75, 3.05) is 0 Å². The first-order valence-electron chi connectivity index (χ1n) is 3.21. The van der Waals surface area contributed by atoms with Crippen LogP contribution in [0.1, 0.15) is 0 Å². The molecular weight excluding hydrogens is 140 g/mol. The van der Waals surface area contributed by atoms with Crippen molar-refractivity contribution in [1.29, 1.82) is 0 Å². The van der Waals surface area contributed by atoms with E-state index in [0.717, 1.165) is 5.56 Å². The van der Waals surface area contributed by atoms with E-state index in [4.69, 9.17) is 0 Å². The molecule has 3 nitrogen and oxygen atoms in total. The topological polar surface area (TPSA) is 38.9 Å². The zero-order chi connectivity index (χ0) is 7.52. The van der Waals surface area contributed by atoms with Gasteiger partial charge in [0.2, 0.25) is 0 Å². The van der Waals surface area contributed by atoms with E-state index in [-0.39, 0.29) is 0 Å². The number of hydrogen-bond acceptors (Lipinski definition) is 3. The predicted octanol–water partition coefficient (Wildman–Crippen LogP) is 1.54. The molecule has 1 heterocycles. The second kappa shape index (κ2) is 2.54. The summed E-state index contributed by atoms with van der Waals surface area (Å²) in [5.41, 5.74) is 1.61. The van der Waals surface area contributed by atoms with Gasteiger partial charge in [-0.3, -0.25) is 0 Å². The Morgan fingerprint density at radius 3 is 3.00 bits per heavy atom. The van der Waals surface area contributed by atoms with Crippen LogP contribution in [0.15, 0.2) is 35.1 Å². The number of hydrogen-bond donors (Lipinski definition) is 0. The Balaban J connectivity index is 2.46. The molecule has 0 aliphatic rings. The van der Waals surface area contributed by atoms with Crippen LogP contribution in [0.5, 0.6) is 0 Å². The maximum atomic E-state index is 4.59. The summed E-state index contributed by atoms with van der Waals surface area (Å²) >= 11 is 0. The summed E-state index contributed by atoms with van der Waals surface area (Å²) in [6, 6.07) is 10.6. The van der Waals surface area contributed by atoms with Gasteiger partial charge in [-0.25, -0.2) is 0 Å². The highest BCUT2D eigenvalue weighted by Gasteiger charge is 1.98. The van der Waals surface area contributed by atoms with E-state index in [1.165, 1.54) is 6.26 Å². The summed E-state index contributed by atoms with van der Waals surface area (Å²) in [4.78, 5) is 0. The molecule has 1 aromatic heterocycles. The molecule has 0 fully saturated rings. The average Bonchev–Trinajstić information content (AvgIpc) is 2.58. The van der Waals surface area contributed by atoms with E-state index in [1.54, 1.807) is 0 Å². The van der Waals surface area contributed by atoms with Crippen LogP contribution in [0.25, 0.3) is 11.3 Å². The molecule has 0 bridgehead atoms. The molecule has 2 rings (SSSR count). The maximum absolute atomic E-state index is 4.59. The first-order chi connectivity index (χ1) is 5.47. The molecule has 0 saturated heterocycles. The highest BCUT2D eigenvalue weighted by atomic mass is 16.5. The van der Waals surface area contributed by atoms with E-state index in [0.29, 0.717) is 5.69 Å². The Labute approximate surface area is 63.6 Å². The molecule has 0 unspecified atom stereocenters. The summed E-state index contributed by atoms with van der Waals surface area (Å²) < 4.78 is 4.59. The van der Waals surface area contributed by atoms with E-state index >= 15 is 0 Å². The van der Waals surface area contributed by atoms with Gasteiger partial charge in [0, 0.05) is 10.8 Å². The van der Waals surface area contributed by atoms with Crippen molar-refractivity contribution in [1.82, 2.24) is 10.4 Å². The van der Waals surface area contributed by atoms with Crippen molar-refractivity contribution in [2.45, 2.75) is 0 Å². The van der Waals surface area contributed by atoms with Gasteiger partial charge in [-0.1, -0.05) is 24.3 Å². The molecule has 3 heteroatoms. The van der Waals surface area contributed by atoms with Crippen molar-refractivity contribution in [3.8, 4) is 11.3 Å². The Morgan fingerprint density at radius 1 is 1.36 bits per heavy atom. The van der Waals surface area contributed by atoms with Crippen LogP contribution < -0.4 is 0 Å². The summed E-state index contributed by atoms with van der Waals surface area (Å²) in [5, 5.41) is 7.09. The van der Waals surface area contributed by atoms with Crippen LogP contribution in [-0.4, -0.2) is 10.4 Å².